The minimum absolute atomic E-state index is 0.0492. The summed E-state index contributed by atoms with van der Waals surface area (Å²) in [5.41, 5.74) is 27.3. The summed E-state index contributed by atoms with van der Waals surface area (Å²) in [4.78, 5) is 148. The van der Waals surface area contributed by atoms with Gasteiger partial charge in [0.2, 0.25) is 59.1 Å². The Labute approximate surface area is 430 Å². The normalized spacial score (nSPS) is 15.0. The minimum atomic E-state index is -1.75. The second kappa shape index (κ2) is 33.3. The van der Waals surface area contributed by atoms with Crippen LogP contribution in [0.2, 0.25) is 0 Å². The number of hydrogen-bond acceptors (Lipinski definition) is 14. The molecule has 0 aliphatic rings. The highest BCUT2D eigenvalue weighted by molar-refractivity contribution is 5.98. The van der Waals surface area contributed by atoms with Gasteiger partial charge in [0.1, 0.15) is 48.3 Å². The summed E-state index contributed by atoms with van der Waals surface area (Å²) in [7, 11) is 0. The maximum Gasteiger partial charge on any atom is 0.326 e. The molecule has 0 unspecified atom stereocenters. The molecule has 0 saturated carbocycles. The van der Waals surface area contributed by atoms with E-state index in [9.17, 15) is 63.0 Å². The van der Waals surface area contributed by atoms with Gasteiger partial charge in [-0.1, -0.05) is 84.7 Å². The van der Waals surface area contributed by atoms with Gasteiger partial charge in [-0.25, -0.2) is 4.79 Å². The maximum atomic E-state index is 14.2. The largest absolute Gasteiger partial charge is 0.480 e. The number of carbonyl (C=O) groups is 11. The molecular formula is C47H78N14O13. The first-order valence-electron chi connectivity index (χ1n) is 24.4. The Balaban J connectivity index is 3.43. The number of primary amides is 2. The lowest BCUT2D eigenvalue weighted by molar-refractivity contribution is -0.142. The summed E-state index contributed by atoms with van der Waals surface area (Å²) in [6.45, 7) is 8.44. The van der Waals surface area contributed by atoms with Crippen LogP contribution >= 0.6 is 0 Å². The third kappa shape index (κ3) is 23.4. The number of carboxylic acids is 1. The molecule has 10 atom stereocenters. The predicted molar refractivity (Wildman–Crippen MR) is 270 cm³/mol. The quantitative estimate of drug-likeness (QED) is 0.0173. The number of nitrogens with zero attached hydrogens (tertiary/aromatic N) is 1. The van der Waals surface area contributed by atoms with Gasteiger partial charge in [0, 0.05) is 25.8 Å². The molecule has 0 aliphatic heterocycles. The monoisotopic (exact) mass is 1050 g/mol. The summed E-state index contributed by atoms with van der Waals surface area (Å²) in [6, 6.07) is -2.92. The van der Waals surface area contributed by atoms with Crippen molar-refractivity contribution >= 4 is 71.0 Å². The van der Waals surface area contributed by atoms with E-state index < -0.39 is 157 Å². The highest BCUT2D eigenvalue weighted by Gasteiger charge is 2.37. The number of rotatable bonds is 35. The van der Waals surface area contributed by atoms with Crippen LogP contribution in [-0.2, 0) is 59.2 Å². The number of amides is 10. The number of carboxylic acid groups (broad SMARTS) is 1. The number of nitrogens with one attached hydrogen (secondary N) is 8. The lowest BCUT2D eigenvalue weighted by atomic mass is 9.95. The van der Waals surface area contributed by atoms with Crippen molar-refractivity contribution in [2.45, 2.75) is 148 Å². The van der Waals surface area contributed by atoms with Gasteiger partial charge in [-0.15, -0.1) is 0 Å². The number of aliphatic hydroxyl groups is 1. The summed E-state index contributed by atoms with van der Waals surface area (Å²) in [5.74, 6) is -12.2. The molecule has 0 fully saturated rings. The van der Waals surface area contributed by atoms with Crippen molar-refractivity contribution in [1.29, 1.82) is 0 Å². The Morgan fingerprint density at radius 2 is 0.959 bits per heavy atom. The van der Waals surface area contributed by atoms with Crippen molar-refractivity contribution in [3.05, 3.63) is 35.9 Å². The van der Waals surface area contributed by atoms with Crippen molar-refractivity contribution in [2.75, 3.05) is 19.7 Å². The Bertz CT molecular complexity index is 2110. The first-order chi connectivity index (χ1) is 34.8. The summed E-state index contributed by atoms with van der Waals surface area (Å²) < 4.78 is 0. The summed E-state index contributed by atoms with van der Waals surface area (Å²) in [5, 5.41) is 40.1. The van der Waals surface area contributed by atoms with Crippen LogP contribution in [0.4, 0.5) is 0 Å². The summed E-state index contributed by atoms with van der Waals surface area (Å²) >= 11 is 0. The minimum Gasteiger partial charge on any atom is -0.480 e. The van der Waals surface area contributed by atoms with Crippen molar-refractivity contribution in [3.8, 4) is 0 Å². The molecule has 10 amide bonds. The van der Waals surface area contributed by atoms with Gasteiger partial charge in [0.05, 0.1) is 13.2 Å². The number of nitrogens with two attached hydrogens (primary N) is 5. The molecule has 0 spiro atoms. The third-order valence-corrected chi connectivity index (χ3v) is 12.0. The van der Waals surface area contributed by atoms with Crippen LogP contribution in [0.5, 0.6) is 0 Å². The second-order valence-electron chi connectivity index (χ2n) is 18.2. The molecule has 0 aliphatic carbocycles. The van der Waals surface area contributed by atoms with Crippen molar-refractivity contribution in [2.24, 2.45) is 51.4 Å². The molecule has 414 valence electrons. The number of hydrogen-bond donors (Lipinski definition) is 15. The molecule has 1 aromatic rings. The molecule has 27 nitrogen and oxygen atoms in total. The van der Waals surface area contributed by atoms with E-state index in [4.69, 9.17) is 28.7 Å². The van der Waals surface area contributed by atoms with Crippen LogP contribution in [0.25, 0.3) is 0 Å². The zero-order valence-corrected chi connectivity index (χ0v) is 42.9. The van der Waals surface area contributed by atoms with Gasteiger partial charge in [-0.2, -0.15) is 0 Å². The zero-order chi connectivity index (χ0) is 56.2. The van der Waals surface area contributed by atoms with Crippen LogP contribution in [-0.4, -0.2) is 149 Å². The predicted octanol–water partition coefficient (Wildman–Crippen LogP) is -4.52. The lowest BCUT2D eigenvalue weighted by Gasteiger charge is -2.31. The fourth-order valence-electron chi connectivity index (χ4n) is 7.14. The van der Waals surface area contributed by atoms with Gasteiger partial charge in [-0.05, 0) is 49.0 Å². The highest BCUT2D eigenvalue weighted by Crippen LogP contribution is 2.14. The molecule has 27 heteroatoms. The van der Waals surface area contributed by atoms with Gasteiger partial charge < -0.3 is 81.4 Å². The summed E-state index contributed by atoms with van der Waals surface area (Å²) in [6.07, 6.45) is -0.683. The van der Waals surface area contributed by atoms with Crippen LogP contribution in [0.3, 0.4) is 0 Å². The SMILES string of the molecule is CC[C@H](C)[C@H](NC(=O)[C@H](CCC(N)=O)NC(=O)CN)C(=O)N[C@@H](CO)C(=O)N[C@@H](CCC(N)=O)C(=O)N[C@H](C(=O)N[C@H](C(=O)N[C@@H](Cc1ccccc1)C(=O)N[C@@H](CCCN=C(N)N)C(=O)O)[C@@H](C)CC)C(C)C. The lowest BCUT2D eigenvalue weighted by Crippen LogP contribution is -2.62. The zero-order valence-electron chi connectivity index (χ0n) is 42.9. The van der Waals surface area contributed by atoms with E-state index in [1.165, 1.54) is 0 Å². The number of benzene rings is 1. The molecule has 0 radical (unpaired) electrons. The van der Waals surface area contributed by atoms with Crippen LogP contribution in [0.15, 0.2) is 35.3 Å². The molecule has 0 heterocycles. The molecule has 1 rings (SSSR count). The molecule has 0 saturated heterocycles. The molecule has 20 N–H and O–H groups in total. The fourth-order valence-corrected chi connectivity index (χ4v) is 7.14. The van der Waals surface area contributed by atoms with Crippen LogP contribution in [0, 0.1) is 17.8 Å². The number of guanidine groups is 1. The Kier molecular flexibility index (Phi) is 29.1. The fraction of sp³-hybridized carbons (Fsp3) is 0.617. The number of aliphatic carboxylic acids is 1. The standard InChI is InChI=1S/C47H78N14O13/c1-7-25(5)37(60-39(66)28(16-18-33(49)63)54-35(65)22-48)45(72)58-32(23-62)42(69)55-29(17-19-34(50)64)40(67)59-36(24(3)4)43(70)61-38(26(6)8-2)44(71)57-31(21-27-13-10-9-11-14-27)41(68)56-30(46(73)74)15-12-20-53-47(51)52/h9-11,13-14,24-26,28-32,36-38,62H,7-8,12,15-23,48H2,1-6H3,(H2,49,63)(H2,50,64)(H,54,65)(H,55,69)(H,56,68)(H,57,71)(H,58,72)(H,59,67)(H,60,66)(H,61,70)(H,73,74)(H4,51,52,53)/t25-,26-,28-,29-,30-,31-,32-,36-,37-,38-/m0/s1. The van der Waals surface area contributed by atoms with Crippen LogP contribution in [0.1, 0.15) is 98.5 Å². The van der Waals surface area contributed by atoms with Crippen LogP contribution < -0.4 is 71.2 Å². The molecule has 1 aromatic carbocycles. The van der Waals surface area contributed by atoms with Crippen molar-refractivity contribution in [1.82, 2.24) is 42.5 Å². The van der Waals surface area contributed by atoms with Gasteiger partial charge >= 0.3 is 5.97 Å². The first-order valence-corrected chi connectivity index (χ1v) is 24.4. The van der Waals surface area contributed by atoms with E-state index in [-0.39, 0.29) is 44.6 Å². The number of carbonyl (C=O) groups excluding carboxylic acids is 10. The van der Waals surface area contributed by atoms with E-state index in [0.717, 1.165) is 0 Å². The molecule has 0 aromatic heterocycles. The number of aliphatic hydroxyl groups excluding tert-OH is 1. The Morgan fingerprint density at radius 1 is 0.541 bits per heavy atom. The Hall–Kier alpha value is -7.42. The van der Waals surface area contributed by atoms with E-state index in [0.29, 0.717) is 18.4 Å². The molecule has 0 bridgehead atoms. The first kappa shape index (κ1) is 64.6. The average molecular weight is 1050 g/mol. The Morgan fingerprint density at radius 3 is 1.41 bits per heavy atom. The highest BCUT2D eigenvalue weighted by atomic mass is 16.4. The smallest absolute Gasteiger partial charge is 0.326 e. The number of aliphatic imine (C=N–C) groups is 1. The van der Waals surface area contributed by atoms with Crippen molar-refractivity contribution < 1.29 is 63.0 Å². The van der Waals surface area contributed by atoms with Crippen molar-refractivity contribution in [3.63, 3.8) is 0 Å². The van der Waals surface area contributed by atoms with E-state index >= 15 is 0 Å². The van der Waals surface area contributed by atoms with E-state index in [1.54, 1.807) is 71.9 Å². The van der Waals surface area contributed by atoms with E-state index in [2.05, 4.69) is 47.5 Å². The molecule has 74 heavy (non-hydrogen) atoms. The van der Waals surface area contributed by atoms with Gasteiger partial charge in [0.25, 0.3) is 0 Å². The average Bonchev–Trinajstić information content (AvgIpc) is 3.35. The van der Waals surface area contributed by atoms with E-state index in [1.807, 2.05) is 0 Å². The second-order valence-corrected chi connectivity index (χ2v) is 18.2. The maximum absolute atomic E-state index is 14.2. The van der Waals surface area contributed by atoms with Gasteiger partial charge in [-0.3, -0.25) is 52.9 Å². The molecular weight excluding hydrogens is 969 g/mol. The van der Waals surface area contributed by atoms with Gasteiger partial charge in [0.15, 0.2) is 5.96 Å². The topological polar surface area (TPSA) is 467 Å². The third-order valence-electron chi connectivity index (χ3n) is 12.0.